The SMILES string of the molecule is Cc1cc(Cl)ccc1OCC(=O)N=Nc1c(O)n(CN2CCOCC2)c2ccccc12. The van der Waals surface area contributed by atoms with Crippen LogP contribution in [-0.2, 0) is 16.2 Å². The maximum atomic E-state index is 12.2. The van der Waals surface area contributed by atoms with E-state index in [9.17, 15) is 9.90 Å². The molecule has 0 saturated carbocycles. The van der Waals surface area contributed by atoms with E-state index in [0.29, 0.717) is 30.7 Å². The number of aryl methyl sites for hydroxylation is 1. The average Bonchev–Trinajstić information content (AvgIpc) is 3.03. The van der Waals surface area contributed by atoms with E-state index in [1.54, 1.807) is 22.8 Å². The van der Waals surface area contributed by atoms with Crippen molar-refractivity contribution in [1.29, 1.82) is 0 Å². The van der Waals surface area contributed by atoms with Crippen molar-refractivity contribution in [3.8, 4) is 11.6 Å². The molecule has 31 heavy (non-hydrogen) atoms. The van der Waals surface area contributed by atoms with Gasteiger partial charge in [0, 0.05) is 23.5 Å². The summed E-state index contributed by atoms with van der Waals surface area (Å²) in [5, 5.41) is 20.0. The van der Waals surface area contributed by atoms with Crippen molar-refractivity contribution in [2.75, 3.05) is 32.9 Å². The summed E-state index contributed by atoms with van der Waals surface area (Å²) in [6.07, 6.45) is 0. The fourth-order valence-corrected chi connectivity index (χ4v) is 3.73. The molecule has 1 aliphatic rings. The van der Waals surface area contributed by atoms with Crippen LogP contribution in [0.5, 0.6) is 11.6 Å². The quantitative estimate of drug-likeness (QED) is 0.575. The number of fused-ring (bicyclic) bond motifs is 1. The molecule has 162 valence electrons. The summed E-state index contributed by atoms with van der Waals surface area (Å²) in [5.74, 6) is -0.0321. The molecule has 1 fully saturated rings. The molecule has 1 saturated heterocycles. The number of hydrogen-bond donors (Lipinski definition) is 1. The largest absolute Gasteiger partial charge is 0.493 e. The fraction of sp³-hybridized carbons (Fsp3) is 0.318. The summed E-state index contributed by atoms with van der Waals surface area (Å²) >= 11 is 5.93. The van der Waals surface area contributed by atoms with E-state index in [1.807, 2.05) is 31.2 Å². The molecular formula is C22H23ClN4O4. The molecule has 1 aromatic heterocycles. The average molecular weight is 443 g/mol. The van der Waals surface area contributed by atoms with Crippen molar-refractivity contribution in [2.24, 2.45) is 10.2 Å². The Bertz CT molecular complexity index is 1120. The van der Waals surface area contributed by atoms with Gasteiger partial charge < -0.3 is 14.6 Å². The van der Waals surface area contributed by atoms with E-state index in [2.05, 4.69) is 15.1 Å². The number of benzene rings is 2. The van der Waals surface area contributed by atoms with E-state index in [-0.39, 0.29) is 18.2 Å². The summed E-state index contributed by atoms with van der Waals surface area (Å²) < 4.78 is 12.7. The van der Waals surface area contributed by atoms with Crippen molar-refractivity contribution in [3.63, 3.8) is 0 Å². The van der Waals surface area contributed by atoms with Crippen LogP contribution in [-0.4, -0.2) is 53.4 Å². The lowest BCUT2D eigenvalue weighted by Gasteiger charge is -2.27. The van der Waals surface area contributed by atoms with Gasteiger partial charge in [-0.25, -0.2) is 0 Å². The number of carbonyl (C=O) groups excluding carboxylic acids is 1. The number of azo groups is 1. The first-order chi connectivity index (χ1) is 15.0. The zero-order valence-electron chi connectivity index (χ0n) is 17.1. The maximum Gasteiger partial charge on any atom is 0.302 e. The lowest BCUT2D eigenvalue weighted by Crippen LogP contribution is -2.37. The summed E-state index contributed by atoms with van der Waals surface area (Å²) in [4.78, 5) is 14.4. The topological polar surface area (TPSA) is 88.7 Å². The van der Waals surface area contributed by atoms with E-state index in [0.717, 1.165) is 29.6 Å². The van der Waals surface area contributed by atoms with E-state index in [1.165, 1.54) is 0 Å². The minimum absolute atomic E-state index is 0.0290. The van der Waals surface area contributed by atoms with Crippen LogP contribution in [0.3, 0.4) is 0 Å². The van der Waals surface area contributed by atoms with Gasteiger partial charge in [0.05, 0.1) is 25.4 Å². The maximum absolute atomic E-state index is 12.2. The van der Waals surface area contributed by atoms with Gasteiger partial charge in [0.2, 0.25) is 5.88 Å². The molecule has 0 unspecified atom stereocenters. The van der Waals surface area contributed by atoms with Crippen LogP contribution in [0, 0.1) is 6.92 Å². The predicted octanol–water partition coefficient (Wildman–Crippen LogP) is 4.29. The van der Waals surface area contributed by atoms with Crippen LogP contribution < -0.4 is 4.74 Å². The van der Waals surface area contributed by atoms with Crippen molar-refractivity contribution < 1.29 is 19.4 Å². The zero-order valence-corrected chi connectivity index (χ0v) is 17.9. The van der Waals surface area contributed by atoms with E-state index < -0.39 is 5.91 Å². The summed E-state index contributed by atoms with van der Waals surface area (Å²) in [6.45, 7) is 4.96. The second-order valence-electron chi connectivity index (χ2n) is 7.28. The molecule has 0 bridgehead atoms. The van der Waals surface area contributed by atoms with Gasteiger partial charge in [0.1, 0.15) is 5.75 Å². The Kier molecular flexibility index (Phi) is 6.50. The summed E-state index contributed by atoms with van der Waals surface area (Å²) in [7, 11) is 0. The van der Waals surface area contributed by atoms with Crippen LogP contribution >= 0.6 is 11.6 Å². The number of carbonyl (C=O) groups is 1. The molecule has 4 rings (SSSR count). The van der Waals surface area contributed by atoms with Gasteiger partial charge in [-0.2, -0.15) is 0 Å². The molecular weight excluding hydrogens is 420 g/mol. The number of morpholine rings is 1. The van der Waals surface area contributed by atoms with Gasteiger partial charge in [-0.15, -0.1) is 10.2 Å². The Labute approximate surface area is 184 Å². The number of rotatable bonds is 6. The molecule has 9 heteroatoms. The third-order valence-electron chi connectivity index (χ3n) is 5.11. The van der Waals surface area contributed by atoms with Crippen molar-refractivity contribution in [3.05, 3.63) is 53.1 Å². The predicted molar refractivity (Wildman–Crippen MR) is 117 cm³/mol. The van der Waals surface area contributed by atoms with Crippen molar-refractivity contribution in [1.82, 2.24) is 9.47 Å². The Balaban J connectivity index is 1.51. The smallest absolute Gasteiger partial charge is 0.302 e. The Morgan fingerprint density at radius 2 is 2.00 bits per heavy atom. The van der Waals surface area contributed by atoms with Gasteiger partial charge in [-0.1, -0.05) is 29.8 Å². The Morgan fingerprint density at radius 1 is 1.23 bits per heavy atom. The molecule has 1 N–H and O–H groups in total. The number of hydrogen-bond acceptors (Lipinski definition) is 6. The number of aromatic hydroxyl groups is 1. The first-order valence-electron chi connectivity index (χ1n) is 9.97. The van der Waals surface area contributed by atoms with E-state index in [4.69, 9.17) is 21.1 Å². The molecule has 1 aliphatic heterocycles. The lowest BCUT2D eigenvalue weighted by atomic mass is 10.2. The van der Waals surface area contributed by atoms with Gasteiger partial charge in [-0.05, 0) is 36.8 Å². The second-order valence-corrected chi connectivity index (χ2v) is 7.72. The van der Waals surface area contributed by atoms with Gasteiger partial charge in [0.15, 0.2) is 12.3 Å². The molecule has 8 nitrogen and oxygen atoms in total. The first kappa shape index (κ1) is 21.3. The number of ether oxygens (including phenoxy) is 2. The summed E-state index contributed by atoms with van der Waals surface area (Å²) in [6, 6.07) is 12.6. The van der Waals surface area contributed by atoms with Gasteiger partial charge in [-0.3, -0.25) is 14.3 Å². The Hall–Kier alpha value is -2.94. The molecule has 0 spiro atoms. The monoisotopic (exact) mass is 442 g/mol. The van der Waals surface area contributed by atoms with Gasteiger partial charge >= 0.3 is 5.91 Å². The molecule has 2 heterocycles. The lowest BCUT2D eigenvalue weighted by molar-refractivity contribution is -0.120. The molecule has 2 aromatic carbocycles. The number of amides is 1. The van der Waals surface area contributed by atoms with E-state index >= 15 is 0 Å². The molecule has 1 amide bonds. The highest BCUT2D eigenvalue weighted by atomic mass is 35.5. The highest BCUT2D eigenvalue weighted by Crippen LogP contribution is 2.39. The van der Waals surface area contributed by atoms with Crippen LogP contribution in [0.2, 0.25) is 5.02 Å². The minimum atomic E-state index is -0.557. The second kappa shape index (κ2) is 9.47. The molecule has 0 aliphatic carbocycles. The van der Waals surface area contributed by atoms with Gasteiger partial charge in [0.25, 0.3) is 0 Å². The van der Waals surface area contributed by atoms with Crippen molar-refractivity contribution >= 4 is 34.1 Å². The van der Waals surface area contributed by atoms with Crippen molar-refractivity contribution in [2.45, 2.75) is 13.6 Å². The molecule has 0 radical (unpaired) electrons. The fourth-order valence-electron chi connectivity index (χ4n) is 3.50. The number of para-hydroxylation sites is 1. The highest BCUT2D eigenvalue weighted by molar-refractivity contribution is 6.30. The standard InChI is InChI=1S/C22H23ClN4O4/c1-15-12-16(23)6-7-19(15)31-13-20(28)24-25-21-17-4-2-3-5-18(17)27(22(21)29)14-26-8-10-30-11-9-26/h2-7,12,29H,8-11,13-14H2,1H3. The third-order valence-corrected chi connectivity index (χ3v) is 5.35. The minimum Gasteiger partial charge on any atom is -0.493 e. The van der Waals surface area contributed by atoms with Crippen LogP contribution in [0.25, 0.3) is 10.9 Å². The number of halogens is 1. The van der Waals surface area contributed by atoms with Crippen LogP contribution in [0.1, 0.15) is 5.56 Å². The molecule has 3 aromatic rings. The van der Waals surface area contributed by atoms with Crippen LogP contribution in [0.4, 0.5) is 5.69 Å². The van der Waals surface area contributed by atoms with Crippen LogP contribution in [0.15, 0.2) is 52.7 Å². The number of nitrogens with zero attached hydrogens (tertiary/aromatic N) is 4. The Morgan fingerprint density at radius 3 is 2.77 bits per heavy atom. The third kappa shape index (κ3) is 4.87. The highest BCUT2D eigenvalue weighted by Gasteiger charge is 2.20. The zero-order chi connectivity index (χ0) is 21.8. The summed E-state index contributed by atoms with van der Waals surface area (Å²) in [5.41, 5.74) is 1.90. The molecule has 0 atom stereocenters. The number of aromatic nitrogens is 1. The first-order valence-corrected chi connectivity index (χ1v) is 10.3. The normalized spacial score (nSPS) is 15.0.